The van der Waals surface area contributed by atoms with E-state index in [2.05, 4.69) is 4.98 Å². The molecular weight excluding hydrogens is 279 g/mol. The van der Waals surface area contributed by atoms with Crippen molar-refractivity contribution in [2.75, 3.05) is 0 Å². The van der Waals surface area contributed by atoms with E-state index < -0.39 is 17.8 Å². The van der Waals surface area contributed by atoms with Gasteiger partial charge in [-0.3, -0.25) is 0 Å². The normalized spacial score (nSPS) is 13.3. The Morgan fingerprint density at radius 2 is 1.79 bits per heavy atom. The maximum Gasteiger partial charge on any atom is 0.416 e. The molecule has 1 N–H and O–H groups in total. The van der Waals surface area contributed by atoms with Crippen molar-refractivity contribution in [2.24, 2.45) is 0 Å². The van der Waals surface area contributed by atoms with E-state index in [1.54, 1.807) is 0 Å². The molecule has 0 amide bonds. The van der Waals surface area contributed by atoms with E-state index >= 15 is 0 Å². The first-order chi connectivity index (χ1) is 8.89. The predicted octanol–water partition coefficient (Wildman–Crippen LogP) is 3.84. The van der Waals surface area contributed by atoms with Crippen molar-refractivity contribution in [3.05, 3.63) is 64.4 Å². The van der Waals surface area contributed by atoms with Crippen molar-refractivity contribution >= 4 is 11.6 Å². The number of alkyl halides is 3. The van der Waals surface area contributed by atoms with Gasteiger partial charge in [-0.25, -0.2) is 4.98 Å². The minimum Gasteiger partial charge on any atom is -0.384 e. The number of hydrogen-bond donors (Lipinski definition) is 1. The van der Waals surface area contributed by atoms with E-state index in [0.717, 1.165) is 6.07 Å². The van der Waals surface area contributed by atoms with Gasteiger partial charge in [0.2, 0.25) is 0 Å². The second-order valence-electron chi connectivity index (χ2n) is 3.90. The molecule has 0 saturated carbocycles. The molecular formula is C13H9ClF3NO. The van der Waals surface area contributed by atoms with Crippen LogP contribution in [-0.2, 0) is 6.18 Å². The van der Waals surface area contributed by atoms with Crippen LogP contribution in [0.4, 0.5) is 13.2 Å². The number of nitrogens with zero attached hydrogens (tertiary/aromatic N) is 1. The first-order valence-electron chi connectivity index (χ1n) is 5.35. The highest BCUT2D eigenvalue weighted by atomic mass is 35.5. The van der Waals surface area contributed by atoms with Gasteiger partial charge in [-0.15, -0.1) is 0 Å². The van der Waals surface area contributed by atoms with E-state index in [9.17, 15) is 18.3 Å². The maximum atomic E-state index is 12.8. The molecule has 0 aliphatic rings. The second kappa shape index (κ2) is 5.19. The molecule has 2 rings (SSSR count). The highest BCUT2D eigenvalue weighted by molar-refractivity contribution is 6.29. The summed E-state index contributed by atoms with van der Waals surface area (Å²) in [6.45, 7) is 0. The number of hydrogen-bond acceptors (Lipinski definition) is 2. The van der Waals surface area contributed by atoms with E-state index in [1.165, 1.54) is 36.5 Å². The van der Waals surface area contributed by atoms with Crippen LogP contribution >= 0.6 is 11.6 Å². The number of aliphatic hydroxyl groups is 1. The number of halogens is 4. The van der Waals surface area contributed by atoms with Crippen LogP contribution in [0.25, 0.3) is 0 Å². The van der Waals surface area contributed by atoms with Gasteiger partial charge in [0.15, 0.2) is 0 Å². The Morgan fingerprint density at radius 1 is 1.11 bits per heavy atom. The molecule has 1 aromatic heterocycles. The summed E-state index contributed by atoms with van der Waals surface area (Å²) >= 11 is 5.59. The molecule has 1 unspecified atom stereocenters. The molecule has 0 aliphatic heterocycles. The zero-order valence-electron chi connectivity index (χ0n) is 9.53. The fraction of sp³-hybridized carbons (Fsp3) is 0.154. The summed E-state index contributed by atoms with van der Waals surface area (Å²) in [7, 11) is 0. The summed E-state index contributed by atoms with van der Waals surface area (Å²) in [5.41, 5.74) is -0.822. The molecule has 0 saturated heterocycles. The lowest BCUT2D eigenvalue weighted by molar-refractivity contribution is -0.139. The molecule has 19 heavy (non-hydrogen) atoms. The van der Waals surface area contributed by atoms with Gasteiger partial charge in [0.1, 0.15) is 11.3 Å². The molecule has 0 radical (unpaired) electrons. The monoisotopic (exact) mass is 287 g/mol. The van der Waals surface area contributed by atoms with Gasteiger partial charge >= 0.3 is 6.18 Å². The van der Waals surface area contributed by atoms with Crippen molar-refractivity contribution < 1.29 is 18.3 Å². The molecule has 1 heterocycles. The van der Waals surface area contributed by atoms with Gasteiger partial charge in [0.05, 0.1) is 5.56 Å². The van der Waals surface area contributed by atoms with Crippen LogP contribution in [0.3, 0.4) is 0 Å². The SMILES string of the molecule is OC(c1ccc(Cl)nc1)c1ccccc1C(F)(F)F. The standard InChI is InChI=1S/C13H9ClF3NO/c14-11-6-5-8(7-18-11)12(19)9-3-1-2-4-10(9)13(15,16)17/h1-7,12,19H. The van der Waals surface area contributed by atoms with Crippen LogP contribution in [0.5, 0.6) is 0 Å². The van der Waals surface area contributed by atoms with Gasteiger partial charge in [-0.05, 0) is 17.7 Å². The Bertz CT molecular complexity index is 569. The number of pyridine rings is 1. The Balaban J connectivity index is 2.44. The van der Waals surface area contributed by atoms with Gasteiger partial charge < -0.3 is 5.11 Å². The fourth-order valence-electron chi connectivity index (χ4n) is 1.72. The van der Waals surface area contributed by atoms with Gasteiger partial charge in [-0.1, -0.05) is 35.9 Å². The van der Waals surface area contributed by atoms with Crippen molar-refractivity contribution in [2.45, 2.75) is 12.3 Å². The maximum absolute atomic E-state index is 12.8. The predicted molar refractivity (Wildman–Crippen MR) is 64.8 cm³/mol. The van der Waals surface area contributed by atoms with Crippen molar-refractivity contribution in [1.82, 2.24) is 4.98 Å². The molecule has 0 fully saturated rings. The average Bonchev–Trinajstić information content (AvgIpc) is 2.38. The Hall–Kier alpha value is -1.59. The lowest BCUT2D eigenvalue weighted by Crippen LogP contribution is -2.12. The third-order valence-corrected chi connectivity index (χ3v) is 2.85. The molecule has 0 aliphatic carbocycles. The minimum atomic E-state index is -4.52. The van der Waals surface area contributed by atoms with Crippen LogP contribution in [0.2, 0.25) is 5.15 Å². The fourth-order valence-corrected chi connectivity index (χ4v) is 1.83. The molecule has 100 valence electrons. The van der Waals surface area contributed by atoms with E-state index in [-0.39, 0.29) is 16.3 Å². The van der Waals surface area contributed by atoms with Crippen molar-refractivity contribution in [3.8, 4) is 0 Å². The van der Waals surface area contributed by atoms with Gasteiger partial charge in [0.25, 0.3) is 0 Å². The Kier molecular flexibility index (Phi) is 3.78. The Morgan fingerprint density at radius 3 is 2.37 bits per heavy atom. The molecule has 2 nitrogen and oxygen atoms in total. The van der Waals surface area contributed by atoms with Crippen LogP contribution in [0.15, 0.2) is 42.6 Å². The van der Waals surface area contributed by atoms with Gasteiger partial charge in [-0.2, -0.15) is 13.2 Å². The zero-order chi connectivity index (χ0) is 14.0. The summed E-state index contributed by atoms with van der Waals surface area (Å²) in [5.74, 6) is 0. The van der Waals surface area contributed by atoms with E-state index in [1.807, 2.05) is 0 Å². The lowest BCUT2D eigenvalue weighted by Gasteiger charge is -2.17. The van der Waals surface area contributed by atoms with Gasteiger partial charge in [0, 0.05) is 11.8 Å². The summed E-state index contributed by atoms with van der Waals surface area (Å²) in [6, 6.07) is 7.74. The number of benzene rings is 1. The quantitative estimate of drug-likeness (QED) is 0.852. The molecule has 6 heteroatoms. The third-order valence-electron chi connectivity index (χ3n) is 2.63. The summed E-state index contributed by atoms with van der Waals surface area (Å²) < 4.78 is 38.5. The summed E-state index contributed by atoms with van der Waals surface area (Å²) in [6.07, 6.45) is -4.67. The van der Waals surface area contributed by atoms with E-state index in [4.69, 9.17) is 11.6 Å². The molecule has 1 aromatic carbocycles. The highest BCUT2D eigenvalue weighted by Gasteiger charge is 2.34. The van der Waals surface area contributed by atoms with Crippen LogP contribution in [-0.4, -0.2) is 10.1 Å². The zero-order valence-corrected chi connectivity index (χ0v) is 10.3. The average molecular weight is 288 g/mol. The lowest BCUT2D eigenvalue weighted by atomic mass is 9.97. The minimum absolute atomic E-state index is 0.208. The molecule has 0 spiro atoms. The third kappa shape index (κ3) is 3.05. The van der Waals surface area contributed by atoms with Crippen molar-refractivity contribution in [3.63, 3.8) is 0 Å². The van der Waals surface area contributed by atoms with Crippen molar-refractivity contribution in [1.29, 1.82) is 0 Å². The van der Waals surface area contributed by atoms with E-state index in [0.29, 0.717) is 0 Å². The molecule has 1 atom stereocenters. The number of aromatic nitrogens is 1. The molecule has 0 bridgehead atoms. The first-order valence-corrected chi connectivity index (χ1v) is 5.73. The summed E-state index contributed by atoms with van der Waals surface area (Å²) in [4.78, 5) is 3.74. The second-order valence-corrected chi connectivity index (χ2v) is 4.29. The molecule has 2 aromatic rings. The highest BCUT2D eigenvalue weighted by Crippen LogP contribution is 2.36. The first kappa shape index (κ1) is 13.8. The Labute approximate surface area is 112 Å². The van der Waals surface area contributed by atoms with Crippen LogP contribution in [0, 0.1) is 0 Å². The smallest absolute Gasteiger partial charge is 0.384 e. The van der Waals surface area contributed by atoms with Crippen LogP contribution < -0.4 is 0 Å². The number of rotatable bonds is 2. The number of aliphatic hydroxyl groups excluding tert-OH is 1. The largest absolute Gasteiger partial charge is 0.416 e. The summed E-state index contributed by atoms with van der Waals surface area (Å²) in [5, 5.41) is 10.3. The topological polar surface area (TPSA) is 33.1 Å². The van der Waals surface area contributed by atoms with Crippen LogP contribution in [0.1, 0.15) is 22.8 Å².